The van der Waals surface area contributed by atoms with Gasteiger partial charge in [0.05, 0.1) is 0 Å². The molecule has 2 aliphatic rings. The SMILES string of the molecule is OCC1C2C=CCC(C2)C1CO. The average molecular weight is 168 g/mol. The Kier molecular flexibility index (Phi) is 2.20. The summed E-state index contributed by atoms with van der Waals surface area (Å²) in [6.45, 7) is 0.477. The predicted molar refractivity (Wildman–Crippen MR) is 46.5 cm³/mol. The molecule has 0 aromatic rings. The number of hydrogen-bond donors (Lipinski definition) is 2. The Hall–Kier alpha value is -0.340. The molecule has 2 nitrogen and oxygen atoms in total. The van der Waals surface area contributed by atoms with Gasteiger partial charge in [-0.15, -0.1) is 0 Å². The lowest BCUT2D eigenvalue weighted by Crippen LogP contribution is -2.22. The van der Waals surface area contributed by atoms with Crippen molar-refractivity contribution in [3.8, 4) is 0 Å². The Balaban J connectivity index is 2.16. The third-order valence-electron chi connectivity index (χ3n) is 3.52. The van der Waals surface area contributed by atoms with Gasteiger partial charge in [-0.1, -0.05) is 12.2 Å². The number of rotatable bonds is 2. The number of fused-ring (bicyclic) bond motifs is 2. The molecule has 0 radical (unpaired) electrons. The molecular formula is C10H16O2. The van der Waals surface area contributed by atoms with Crippen LogP contribution in [0.2, 0.25) is 0 Å². The van der Waals surface area contributed by atoms with E-state index in [-0.39, 0.29) is 13.2 Å². The van der Waals surface area contributed by atoms with Crippen molar-refractivity contribution >= 4 is 0 Å². The van der Waals surface area contributed by atoms with E-state index < -0.39 is 0 Å². The van der Waals surface area contributed by atoms with Crippen molar-refractivity contribution in [2.75, 3.05) is 13.2 Å². The zero-order valence-corrected chi connectivity index (χ0v) is 7.19. The highest BCUT2D eigenvalue weighted by molar-refractivity contribution is 5.06. The molecule has 0 heterocycles. The molecule has 12 heavy (non-hydrogen) atoms. The van der Waals surface area contributed by atoms with Crippen LogP contribution in [-0.2, 0) is 0 Å². The van der Waals surface area contributed by atoms with Gasteiger partial charge in [-0.3, -0.25) is 0 Å². The average Bonchev–Trinajstić information content (AvgIpc) is 2.36. The standard InChI is InChI=1S/C10H16O2/c11-5-9-7-2-1-3-8(4-7)10(9)6-12/h1-2,7-12H,3-6H2. The highest BCUT2D eigenvalue weighted by Gasteiger charge is 2.42. The highest BCUT2D eigenvalue weighted by atomic mass is 16.3. The van der Waals surface area contributed by atoms with Crippen molar-refractivity contribution in [1.29, 1.82) is 0 Å². The Morgan fingerprint density at radius 3 is 2.58 bits per heavy atom. The molecule has 4 unspecified atom stereocenters. The fourth-order valence-corrected chi connectivity index (χ4v) is 2.84. The van der Waals surface area contributed by atoms with Crippen molar-refractivity contribution in [2.24, 2.45) is 23.7 Å². The first kappa shape index (κ1) is 8.27. The molecule has 4 atom stereocenters. The highest BCUT2D eigenvalue weighted by Crippen LogP contribution is 2.46. The molecule has 2 heteroatoms. The van der Waals surface area contributed by atoms with Gasteiger partial charge in [-0.25, -0.2) is 0 Å². The number of hydrogen-bond acceptors (Lipinski definition) is 2. The van der Waals surface area contributed by atoms with Gasteiger partial charge in [-0.2, -0.15) is 0 Å². The van der Waals surface area contributed by atoms with E-state index in [1.807, 2.05) is 0 Å². The second-order valence-corrected chi connectivity index (χ2v) is 4.02. The van der Waals surface area contributed by atoms with Crippen molar-refractivity contribution in [2.45, 2.75) is 12.8 Å². The van der Waals surface area contributed by atoms with Gasteiger partial charge in [0.25, 0.3) is 0 Å². The molecule has 0 spiro atoms. The van der Waals surface area contributed by atoms with Gasteiger partial charge in [0.15, 0.2) is 0 Å². The summed E-state index contributed by atoms with van der Waals surface area (Å²) in [5.41, 5.74) is 0. The zero-order valence-electron chi connectivity index (χ0n) is 7.19. The summed E-state index contributed by atoms with van der Waals surface area (Å²) >= 11 is 0. The van der Waals surface area contributed by atoms with E-state index >= 15 is 0 Å². The van der Waals surface area contributed by atoms with Crippen LogP contribution < -0.4 is 0 Å². The van der Waals surface area contributed by atoms with Gasteiger partial charge >= 0.3 is 0 Å². The maximum atomic E-state index is 9.18. The van der Waals surface area contributed by atoms with Crippen LogP contribution in [0.1, 0.15) is 12.8 Å². The monoisotopic (exact) mass is 168 g/mol. The Bertz CT molecular complexity index is 188. The lowest BCUT2D eigenvalue weighted by molar-refractivity contribution is 0.112. The van der Waals surface area contributed by atoms with Gasteiger partial charge < -0.3 is 10.2 Å². The Morgan fingerprint density at radius 2 is 1.92 bits per heavy atom. The van der Waals surface area contributed by atoms with Crippen molar-refractivity contribution in [3.63, 3.8) is 0 Å². The summed E-state index contributed by atoms with van der Waals surface area (Å²) in [4.78, 5) is 0. The second kappa shape index (κ2) is 3.19. The van der Waals surface area contributed by atoms with Crippen molar-refractivity contribution in [1.82, 2.24) is 0 Å². The minimum atomic E-state index is 0.233. The topological polar surface area (TPSA) is 40.5 Å². The molecular weight excluding hydrogens is 152 g/mol. The van der Waals surface area contributed by atoms with E-state index in [2.05, 4.69) is 12.2 Å². The first-order chi connectivity index (χ1) is 5.86. The molecule has 1 saturated carbocycles. The zero-order chi connectivity index (χ0) is 8.55. The van der Waals surface area contributed by atoms with Crippen LogP contribution in [-0.4, -0.2) is 23.4 Å². The first-order valence-electron chi connectivity index (χ1n) is 4.75. The molecule has 2 aliphatic carbocycles. The minimum absolute atomic E-state index is 0.233. The van der Waals surface area contributed by atoms with Crippen LogP contribution in [0.3, 0.4) is 0 Å². The summed E-state index contributed by atoms with van der Waals surface area (Å²) in [6.07, 6.45) is 6.69. The van der Waals surface area contributed by atoms with E-state index in [0.29, 0.717) is 23.7 Å². The van der Waals surface area contributed by atoms with Crippen LogP contribution in [0.5, 0.6) is 0 Å². The van der Waals surface area contributed by atoms with E-state index in [1.54, 1.807) is 0 Å². The molecule has 2 bridgehead atoms. The smallest absolute Gasteiger partial charge is 0.0468 e. The molecule has 68 valence electrons. The first-order valence-corrected chi connectivity index (χ1v) is 4.75. The molecule has 0 amide bonds. The summed E-state index contributed by atoms with van der Waals surface area (Å²) < 4.78 is 0. The Labute approximate surface area is 72.9 Å². The molecule has 2 rings (SSSR count). The summed E-state index contributed by atoms with van der Waals surface area (Å²) in [5.74, 6) is 1.82. The quantitative estimate of drug-likeness (QED) is 0.599. The lowest BCUT2D eigenvalue weighted by Gasteiger charge is -2.19. The normalized spacial score (nSPS) is 45.2. The van der Waals surface area contributed by atoms with Crippen molar-refractivity contribution < 1.29 is 10.2 Å². The molecule has 1 fully saturated rings. The summed E-state index contributed by atoms with van der Waals surface area (Å²) in [5, 5.41) is 18.3. The predicted octanol–water partition coefficient (Wildman–Crippen LogP) is 0.799. The molecule has 0 aromatic heterocycles. The van der Waals surface area contributed by atoms with E-state index in [9.17, 15) is 5.11 Å². The van der Waals surface area contributed by atoms with Crippen LogP contribution in [0, 0.1) is 23.7 Å². The third-order valence-corrected chi connectivity index (χ3v) is 3.52. The van der Waals surface area contributed by atoms with Gasteiger partial charge in [0, 0.05) is 13.2 Å². The second-order valence-electron chi connectivity index (χ2n) is 4.02. The maximum Gasteiger partial charge on any atom is 0.0468 e. The van der Waals surface area contributed by atoms with E-state index in [1.165, 1.54) is 6.42 Å². The van der Waals surface area contributed by atoms with Crippen molar-refractivity contribution in [3.05, 3.63) is 12.2 Å². The largest absolute Gasteiger partial charge is 0.396 e. The summed E-state index contributed by atoms with van der Waals surface area (Å²) in [7, 11) is 0. The maximum absolute atomic E-state index is 9.18. The fourth-order valence-electron chi connectivity index (χ4n) is 2.84. The van der Waals surface area contributed by atoms with Crippen LogP contribution in [0.4, 0.5) is 0 Å². The van der Waals surface area contributed by atoms with Crippen LogP contribution in [0.15, 0.2) is 12.2 Å². The van der Waals surface area contributed by atoms with E-state index in [4.69, 9.17) is 5.11 Å². The summed E-state index contributed by atoms with van der Waals surface area (Å²) in [6, 6.07) is 0. The van der Waals surface area contributed by atoms with Crippen LogP contribution >= 0.6 is 0 Å². The van der Waals surface area contributed by atoms with E-state index in [0.717, 1.165) is 6.42 Å². The lowest BCUT2D eigenvalue weighted by atomic mass is 9.89. The number of allylic oxidation sites excluding steroid dienone is 2. The van der Waals surface area contributed by atoms with Gasteiger partial charge in [-0.05, 0) is 36.5 Å². The molecule has 2 N–H and O–H groups in total. The van der Waals surface area contributed by atoms with Crippen LogP contribution in [0.25, 0.3) is 0 Å². The fraction of sp³-hybridized carbons (Fsp3) is 0.800. The molecule has 0 aliphatic heterocycles. The number of aliphatic hydroxyl groups excluding tert-OH is 2. The number of aliphatic hydroxyl groups is 2. The third kappa shape index (κ3) is 1.10. The minimum Gasteiger partial charge on any atom is -0.396 e. The van der Waals surface area contributed by atoms with Gasteiger partial charge in [0.2, 0.25) is 0 Å². The molecule has 0 aromatic carbocycles. The molecule has 0 saturated heterocycles. The van der Waals surface area contributed by atoms with Gasteiger partial charge in [0.1, 0.15) is 0 Å². The Morgan fingerprint density at radius 1 is 1.17 bits per heavy atom.